The van der Waals surface area contributed by atoms with Gasteiger partial charge in [0, 0.05) is 86.1 Å². The van der Waals surface area contributed by atoms with E-state index >= 15 is 0 Å². The second-order valence-electron chi connectivity index (χ2n) is 11.8. The Morgan fingerprint density at radius 1 is 0.952 bits per heavy atom. The number of aliphatic hydroxyl groups excluding tert-OH is 1. The molecule has 3 aromatic heterocycles. The lowest BCUT2D eigenvalue weighted by Crippen LogP contribution is -2.52. The predicted octanol–water partition coefficient (Wildman–Crippen LogP) is 3.75. The first-order valence-electron chi connectivity index (χ1n) is 14.9. The molecule has 6 N–H and O–H groups in total. The topological polar surface area (TPSA) is 134 Å². The minimum atomic E-state index is -1.31. The lowest BCUT2D eigenvalue weighted by atomic mass is 10.0. The maximum atomic E-state index is 10.5. The van der Waals surface area contributed by atoms with Gasteiger partial charge in [0.1, 0.15) is 17.6 Å². The molecule has 0 aliphatic carbocycles. The number of aromatic nitrogens is 4. The number of benzene rings is 1. The van der Waals surface area contributed by atoms with Crippen LogP contribution in [0.4, 0.5) is 23.0 Å². The number of piperazine rings is 1. The Morgan fingerprint density at radius 2 is 1.69 bits per heavy atom. The van der Waals surface area contributed by atoms with Crippen LogP contribution >= 0.6 is 0 Å². The van der Waals surface area contributed by atoms with Crippen molar-refractivity contribution in [2.24, 2.45) is 5.73 Å². The number of nitrogens with two attached hydrogens (primary N) is 1. The molecule has 4 aromatic rings. The molecule has 0 bridgehead atoms. The zero-order chi connectivity index (χ0) is 29.2. The van der Waals surface area contributed by atoms with Crippen LogP contribution in [0.1, 0.15) is 38.6 Å². The summed E-state index contributed by atoms with van der Waals surface area (Å²) in [6, 6.07) is 11.2. The van der Waals surface area contributed by atoms with Crippen LogP contribution < -0.4 is 21.3 Å². The summed E-state index contributed by atoms with van der Waals surface area (Å²) < 4.78 is 0. The van der Waals surface area contributed by atoms with Crippen molar-refractivity contribution in [2.45, 2.75) is 45.0 Å². The fourth-order valence-corrected chi connectivity index (χ4v) is 6.05. The Hall–Kier alpha value is -3.77. The van der Waals surface area contributed by atoms with Crippen LogP contribution in [0.5, 0.6) is 0 Å². The van der Waals surface area contributed by atoms with Gasteiger partial charge < -0.3 is 36.3 Å². The van der Waals surface area contributed by atoms with E-state index in [-0.39, 0.29) is 11.7 Å². The number of nitrogens with one attached hydrogen (secondary N) is 3. The Morgan fingerprint density at radius 3 is 2.38 bits per heavy atom. The molecule has 1 aromatic carbocycles. The van der Waals surface area contributed by atoms with Gasteiger partial charge in [-0.15, -0.1) is 0 Å². The lowest BCUT2D eigenvalue weighted by molar-refractivity contribution is 0.0982. The van der Waals surface area contributed by atoms with Crippen molar-refractivity contribution in [1.29, 1.82) is 0 Å². The minimum Gasteiger partial charge on any atom is -0.373 e. The SMILES string of the molecule is CC(C)Nc1nc(Nc2ccc(N3CCC(N4CCN(C)CC4)CC3)cc2)c(C(N)O)nc1-c1cncc2[nH]ccc12. The van der Waals surface area contributed by atoms with E-state index in [0.717, 1.165) is 35.2 Å². The number of likely N-dealkylation sites (N-methyl/N-ethyl adjacent to an activating group) is 1. The second kappa shape index (κ2) is 12.2. The first kappa shape index (κ1) is 28.4. The van der Waals surface area contributed by atoms with Crippen LogP contribution in [0.3, 0.4) is 0 Å². The summed E-state index contributed by atoms with van der Waals surface area (Å²) in [6.07, 6.45) is 6.48. The van der Waals surface area contributed by atoms with Crippen LogP contribution in [0, 0.1) is 0 Å². The maximum Gasteiger partial charge on any atom is 0.158 e. The number of hydrogen-bond acceptors (Lipinski definition) is 10. The van der Waals surface area contributed by atoms with Crippen molar-refractivity contribution >= 4 is 33.9 Å². The van der Waals surface area contributed by atoms with Crippen LogP contribution in [-0.2, 0) is 0 Å². The van der Waals surface area contributed by atoms with Gasteiger partial charge in [-0.2, -0.15) is 0 Å². The number of pyridine rings is 1. The fourth-order valence-electron chi connectivity index (χ4n) is 6.05. The molecule has 11 heteroatoms. The Bertz CT molecular complexity index is 1490. The highest BCUT2D eigenvalue weighted by Crippen LogP contribution is 2.35. The molecule has 2 aliphatic rings. The van der Waals surface area contributed by atoms with Gasteiger partial charge >= 0.3 is 0 Å². The number of aromatic amines is 1. The quantitative estimate of drug-likeness (QED) is 0.199. The summed E-state index contributed by atoms with van der Waals surface area (Å²) in [5.41, 5.74) is 10.6. The predicted molar refractivity (Wildman–Crippen MR) is 169 cm³/mol. The van der Waals surface area contributed by atoms with Crippen LogP contribution in [-0.4, -0.2) is 93.2 Å². The molecule has 5 heterocycles. The molecule has 6 rings (SSSR count). The number of nitrogens with zero attached hydrogens (tertiary/aromatic N) is 6. The zero-order valence-electron chi connectivity index (χ0n) is 24.7. The second-order valence-corrected chi connectivity index (χ2v) is 11.8. The number of aliphatic hydroxyl groups is 1. The Kier molecular flexibility index (Phi) is 8.25. The van der Waals surface area contributed by atoms with Crippen LogP contribution in [0.25, 0.3) is 22.2 Å². The van der Waals surface area contributed by atoms with E-state index in [4.69, 9.17) is 15.7 Å². The maximum absolute atomic E-state index is 10.5. The van der Waals surface area contributed by atoms with Gasteiger partial charge in [-0.1, -0.05) is 0 Å². The third-order valence-corrected chi connectivity index (χ3v) is 8.37. The average molecular weight is 571 g/mol. The smallest absolute Gasteiger partial charge is 0.158 e. The van der Waals surface area contributed by atoms with E-state index in [0.29, 0.717) is 23.4 Å². The van der Waals surface area contributed by atoms with E-state index in [2.05, 4.69) is 54.5 Å². The van der Waals surface area contributed by atoms with Gasteiger partial charge in [-0.25, -0.2) is 9.97 Å². The molecule has 0 radical (unpaired) electrons. The van der Waals surface area contributed by atoms with Gasteiger partial charge in [-0.3, -0.25) is 9.88 Å². The van der Waals surface area contributed by atoms with Crippen molar-refractivity contribution in [2.75, 3.05) is 61.8 Å². The fraction of sp³-hybridized carbons (Fsp3) is 0.452. The van der Waals surface area contributed by atoms with Crippen LogP contribution in [0.15, 0.2) is 48.9 Å². The number of H-pyrrole nitrogens is 1. The number of piperidine rings is 1. The number of fused-ring (bicyclic) bond motifs is 1. The molecule has 2 fully saturated rings. The van der Waals surface area contributed by atoms with Crippen molar-refractivity contribution < 1.29 is 5.11 Å². The van der Waals surface area contributed by atoms with Crippen molar-refractivity contribution in [3.05, 3.63) is 54.6 Å². The van der Waals surface area contributed by atoms with Gasteiger partial charge in [0.25, 0.3) is 0 Å². The molecule has 42 heavy (non-hydrogen) atoms. The largest absolute Gasteiger partial charge is 0.373 e. The van der Waals surface area contributed by atoms with E-state index in [1.54, 1.807) is 12.4 Å². The minimum absolute atomic E-state index is 0.109. The first-order valence-corrected chi connectivity index (χ1v) is 14.9. The van der Waals surface area contributed by atoms with Gasteiger partial charge in [0.05, 0.1) is 11.7 Å². The third kappa shape index (κ3) is 6.05. The average Bonchev–Trinajstić information content (AvgIpc) is 3.47. The molecule has 0 spiro atoms. The Balaban J connectivity index is 1.21. The molecule has 2 aliphatic heterocycles. The summed E-state index contributed by atoms with van der Waals surface area (Å²) in [4.78, 5) is 24.9. The molecule has 222 valence electrons. The standard InChI is InChI=1S/C31H42N10O/c1-20(2)35-30-27(25-18-33-19-26-24(25)8-11-34-26)37-28(29(32)42)31(38-30)36-21-4-6-22(7-5-21)40-12-9-23(10-13-40)41-16-14-39(3)15-17-41/h4-8,11,18-20,23,29,34,42H,9-10,12-17,32H2,1-3H3,(H2,35,36,38). The highest BCUT2D eigenvalue weighted by molar-refractivity contribution is 5.96. The molecular weight excluding hydrogens is 528 g/mol. The molecule has 1 unspecified atom stereocenters. The van der Waals surface area contributed by atoms with E-state index in [9.17, 15) is 5.11 Å². The van der Waals surface area contributed by atoms with E-state index < -0.39 is 6.23 Å². The first-order chi connectivity index (χ1) is 20.4. The number of anilines is 4. The number of rotatable bonds is 8. The molecule has 1 atom stereocenters. The molecule has 0 saturated carbocycles. The summed E-state index contributed by atoms with van der Waals surface area (Å²) in [5.74, 6) is 0.999. The van der Waals surface area contributed by atoms with Gasteiger partial charge in [-0.05, 0) is 64.1 Å². The molecular formula is C31H42N10O. The molecule has 11 nitrogen and oxygen atoms in total. The van der Waals surface area contributed by atoms with Gasteiger partial charge in [0.15, 0.2) is 11.6 Å². The van der Waals surface area contributed by atoms with Crippen molar-refractivity contribution in [1.82, 2.24) is 29.7 Å². The highest BCUT2D eigenvalue weighted by Gasteiger charge is 2.27. The highest BCUT2D eigenvalue weighted by atomic mass is 16.3. The summed E-state index contributed by atoms with van der Waals surface area (Å²) in [5, 5.41) is 18.3. The normalized spacial score (nSPS) is 18.1. The molecule has 0 amide bonds. The summed E-state index contributed by atoms with van der Waals surface area (Å²) >= 11 is 0. The van der Waals surface area contributed by atoms with Crippen molar-refractivity contribution in [3.8, 4) is 11.3 Å². The summed E-state index contributed by atoms with van der Waals surface area (Å²) in [6.45, 7) is 10.9. The number of hydrogen-bond donors (Lipinski definition) is 5. The third-order valence-electron chi connectivity index (χ3n) is 8.37. The zero-order valence-corrected chi connectivity index (χ0v) is 24.7. The molecule has 2 saturated heterocycles. The van der Waals surface area contributed by atoms with Crippen LogP contribution in [0.2, 0.25) is 0 Å². The lowest BCUT2D eigenvalue weighted by Gasteiger charge is -2.42. The Labute approximate surface area is 247 Å². The van der Waals surface area contributed by atoms with E-state index in [1.807, 2.05) is 38.2 Å². The van der Waals surface area contributed by atoms with E-state index in [1.165, 1.54) is 44.7 Å². The van der Waals surface area contributed by atoms with Gasteiger partial charge in [0.2, 0.25) is 0 Å². The monoisotopic (exact) mass is 570 g/mol. The summed E-state index contributed by atoms with van der Waals surface area (Å²) in [7, 11) is 2.21. The van der Waals surface area contributed by atoms with Crippen molar-refractivity contribution in [3.63, 3.8) is 0 Å².